The zero-order chi connectivity index (χ0) is 19.2. The van der Waals surface area contributed by atoms with E-state index < -0.39 is 0 Å². The molecule has 0 radical (unpaired) electrons. The number of hydrogen-bond donors (Lipinski definition) is 4. The Balaban J connectivity index is -0.000000451. The Kier molecular flexibility index (Phi) is 25.4. The van der Waals surface area contributed by atoms with Gasteiger partial charge >= 0.3 is 16.8 Å². The molecule has 0 fully saturated rings. The molecule has 0 aliphatic heterocycles. The van der Waals surface area contributed by atoms with Crippen molar-refractivity contribution in [2.24, 2.45) is 0 Å². The maximum atomic E-state index is 6.86. The van der Waals surface area contributed by atoms with Gasteiger partial charge in [-0.15, -0.1) is 16.6 Å². The van der Waals surface area contributed by atoms with E-state index in [1.54, 1.807) is 14.7 Å². The first kappa shape index (κ1) is 27.5. The van der Waals surface area contributed by atoms with E-state index in [1.165, 1.54) is 0 Å². The molecule has 0 aliphatic carbocycles. The summed E-state index contributed by atoms with van der Waals surface area (Å²) in [4.78, 5) is 13.8. The minimum absolute atomic E-state index is 0. The fourth-order valence-electron chi connectivity index (χ4n) is 1.48. The Labute approximate surface area is 160 Å². The van der Waals surface area contributed by atoms with Crippen molar-refractivity contribution in [2.75, 3.05) is 6.54 Å². The van der Waals surface area contributed by atoms with Gasteiger partial charge in [0.2, 0.25) is 0 Å². The van der Waals surface area contributed by atoms with Crippen LogP contribution >= 0.6 is 0 Å². The predicted octanol–water partition coefficient (Wildman–Crippen LogP) is 4.43. The van der Waals surface area contributed by atoms with Gasteiger partial charge in [-0.2, -0.15) is 0 Å². The SMILES string of the molecule is [Co+3].[N-]=[N+]=N.[N-]=[N+]=N.[N-]=[N+]=N.c1ccc(CCNCc2ccccn2)nc1. The van der Waals surface area contributed by atoms with Crippen molar-refractivity contribution in [2.45, 2.75) is 13.0 Å². The largest absolute Gasteiger partial charge is 3.00 e. The Morgan fingerprint density at radius 2 is 1.23 bits per heavy atom. The second kappa shape index (κ2) is 24.0. The molecule has 0 amide bonds. The Bertz CT molecular complexity index is 575. The van der Waals surface area contributed by atoms with Crippen molar-refractivity contribution in [3.05, 3.63) is 91.5 Å². The fourth-order valence-corrected chi connectivity index (χ4v) is 1.48. The Hall–Kier alpha value is -3.30. The summed E-state index contributed by atoms with van der Waals surface area (Å²) in [7, 11) is 0. The molecule has 0 saturated heterocycles. The van der Waals surface area contributed by atoms with Crippen molar-refractivity contribution in [1.29, 1.82) is 16.6 Å². The molecule has 12 nitrogen and oxygen atoms in total. The molecule has 2 rings (SSSR count). The standard InChI is InChI=1S/C13H15N3.Co.3HN3/c1-3-8-15-12(5-1)7-10-14-11-13-6-2-4-9-16-13;;3*1-3-2/h1-6,8-9,14H,7,10-11H2;;3*1H/q;+3;;;. The molecule has 2 aromatic rings. The van der Waals surface area contributed by atoms with Crippen LogP contribution in [0.3, 0.4) is 0 Å². The number of nitrogens with zero attached hydrogens (tertiary/aromatic N) is 8. The molecule has 13 heteroatoms. The van der Waals surface area contributed by atoms with Gasteiger partial charge in [0.05, 0.1) is 5.69 Å². The van der Waals surface area contributed by atoms with Crippen LogP contribution in [-0.4, -0.2) is 16.5 Å². The topological polar surface area (TPSA) is 219 Å². The summed E-state index contributed by atoms with van der Waals surface area (Å²) in [5, 5.41) is 3.35. The third kappa shape index (κ3) is 20.7. The average Bonchev–Trinajstić information content (AvgIpc) is 2.63. The number of aromatic nitrogens is 2. The summed E-state index contributed by atoms with van der Waals surface area (Å²) >= 11 is 0. The first-order valence-electron chi connectivity index (χ1n) is 6.73. The first-order valence-corrected chi connectivity index (χ1v) is 6.73. The minimum Gasteiger partial charge on any atom is -0.311 e. The molecule has 136 valence electrons. The summed E-state index contributed by atoms with van der Waals surface area (Å²) in [6.07, 6.45) is 4.59. The summed E-state index contributed by atoms with van der Waals surface area (Å²) in [5.74, 6) is 0. The van der Waals surface area contributed by atoms with Gasteiger partial charge in [-0.1, -0.05) is 12.1 Å². The molecule has 0 unspecified atom stereocenters. The fraction of sp³-hybridized carbons (Fsp3) is 0.231. The van der Waals surface area contributed by atoms with Gasteiger partial charge in [0, 0.05) is 37.6 Å². The second-order valence-corrected chi connectivity index (χ2v) is 3.87. The van der Waals surface area contributed by atoms with Crippen molar-refractivity contribution in [1.82, 2.24) is 15.3 Å². The number of nitrogens with one attached hydrogen (secondary N) is 4. The molecular weight excluding hydrogens is 383 g/mol. The molecular formula is C13H18CoN12+3. The van der Waals surface area contributed by atoms with Crippen molar-refractivity contribution in [3.8, 4) is 0 Å². The Morgan fingerprint density at radius 1 is 0.808 bits per heavy atom. The monoisotopic (exact) mass is 401 g/mol. The maximum absolute atomic E-state index is 6.86. The van der Waals surface area contributed by atoms with Gasteiger partial charge in [0.15, 0.2) is 0 Å². The summed E-state index contributed by atoms with van der Waals surface area (Å²) < 4.78 is 0. The molecule has 2 aromatic heterocycles. The molecule has 0 bridgehead atoms. The van der Waals surface area contributed by atoms with E-state index in [2.05, 4.69) is 15.3 Å². The third-order valence-corrected chi connectivity index (χ3v) is 2.32. The van der Waals surface area contributed by atoms with Crippen molar-refractivity contribution >= 4 is 0 Å². The van der Waals surface area contributed by atoms with E-state index in [-0.39, 0.29) is 16.8 Å². The quantitative estimate of drug-likeness (QED) is 0.247. The second-order valence-electron chi connectivity index (χ2n) is 3.87. The van der Waals surface area contributed by atoms with E-state index in [1.807, 2.05) is 48.8 Å². The summed E-state index contributed by atoms with van der Waals surface area (Å²) in [6.45, 7) is 1.74. The molecule has 2 heterocycles. The first-order chi connectivity index (χ1) is 12.2. The summed E-state index contributed by atoms with van der Waals surface area (Å²) in [5.41, 5.74) is 38.9. The summed E-state index contributed by atoms with van der Waals surface area (Å²) in [6, 6.07) is 11.9. The number of rotatable bonds is 5. The van der Waals surface area contributed by atoms with Crippen LogP contribution in [0.1, 0.15) is 11.4 Å². The van der Waals surface area contributed by atoms with Gasteiger partial charge in [0.1, 0.15) is 0 Å². The van der Waals surface area contributed by atoms with E-state index in [4.69, 9.17) is 33.2 Å². The van der Waals surface area contributed by atoms with Gasteiger partial charge in [-0.3, -0.25) is 9.97 Å². The van der Waals surface area contributed by atoms with Gasteiger partial charge in [-0.05, 0) is 55.6 Å². The van der Waals surface area contributed by atoms with Crippen LogP contribution < -0.4 is 5.32 Å². The zero-order valence-electron chi connectivity index (χ0n) is 13.7. The van der Waals surface area contributed by atoms with Crippen LogP contribution in [0.25, 0.3) is 31.3 Å². The molecule has 0 spiro atoms. The zero-order valence-corrected chi connectivity index (χ0v) is 14.7. The smallest absolute Gasteiger partial charge is 0.311 e. The molecule has 4 N–H and O–H groups in total. The average molecular weight is 401 g/mol. The molecule has 0 aromatic carbocycles. The van der Waals surface area contributed by atoms with E-state index in [0.717, 1.165) is 30.9 Å². The molecule has 0 atom stereocenters. The number of hydrogen-bond acceptors (Lipinski definition) is 6. The molecule has 0 aliphatic rings. The van der Waals surface area contributed by atoms with Crippen LogP contribution in [0, 0.1) is 16.6 Å². The van der Waals surface area contributed by atoms with Gasteiger partial charge in [-0.25, -0.2) is 0 Å². The van der Waals surface area contributed by atoms with Crippen LogP contribution in [0.5, 0.6) is 0 Å². The molecule has 0 saturated carbocycles. The van der Waals surface area contributed by atoms with E-state index in [9.17, 15) is 0 Å². The normalized spacial score (nSPS) is 7.23. The Morgan fingerprint density at radius 3 is 1.62 bits per heavy atom. The predicted molar refractivity (Wildman–Crippen MR) is 92.2 cm³/mol. The molecule has 26 heavy (non-hydrogen) atoms. The number of pyridine rings is 2. The van der Waals surface area contributed by atoms with Crippen molar-refractivity contribution < 1.29 is 16.8 Å². The van der Waals surface area contributed by atoms with Gasteiger partial charge < -0.3 is 5.32 Å². The maximum Gasteiger partial charge on any atom is 3.00 e. The van der Waals surface area contributed by atoms with Crippen LogP contribution in [0.4, 0.5) is 0 Å². The van der Waals surface area contributed by atoms with Gasteiger partial charge in [0.25, 0.3) is 0 Å². The van der Waals surface area contributed by atoms with E-state index in [0.29, 0.717) is 0 Å². The van der Waals surface area contributed by atoms with Crippen LogP contribution in [-0.2, 0) is 29.7 Å². The van der Waals surface area contributed by atoms with Crippen LogP contribution in [0.2, 0.25) is 0 Å². The van der Waals surface area contributed by atoms with Crippen molar-refractivity contribution in [3.63, 3.8) is 0 Å². The van der Waals surface area contributed by atoms with E-state index >= 15 is 0 Å². The third-order valence-electron chi connectivity index (χ3n) is 2.32. The van der Waals surface area contributed by atoms with Crippen LogP contribution in [0.15, 0.2) is 48.8 Å². The minimum atomic E-state index is 0.